The number of amides is 1. The molecule has 44 heavy (non-hydrogen) atoms. The molecule has 8 heteroatoms. The van der Waals surface area contributed by atoms with E-state index in [1.807, 2.05) is 55.5 Å². The molecule has 7 nitrogen and oxygen atoms in total. The fraction of sp³-hybridized carbons (Fsp3) is 0.167. The summed E-state index contributed by atoms with van der Waals surface area (Å²) in [6.07, 6.45) is 1.50. The van der Waals surface area contributed by atoms with Gasteiger partial charge in [0.25, 0.3) is 15.9 Å². The van der Waals surface area contributed by atoms with Gasteiger partial charge in [-0.3, -0.25) is 9.10 Å². The molecule has 5 rings (SSSR count). The maximum atomic E-state index is 13.6. The Morgan fingerprint density at radius 2 is 1.55 bits per heavy atom. The number of aryl methyl sites for hydroxylation is 1. The second-order valence-corrected chi connectivity index (χ2v) is 12.8. The number of anilines is 1. The summed E-state index contributed by atoms with van der Waals surface area (Å²) < 4.78 is 34.3. The van der Waals surface area contributed by atoms with E-state index in [2.05, 4.69) is 54.7 Å². The zero-order valence-electron chi connectivity index (χ0n) is 25.0. The summed E-state index contributed by atoms with van der Waals surface area (Å²) in [4.78, 5) is 13.0. The lowest BCUT2D eigenvalue weighted by molar-refractivity contribution is -0.119. The summed E-state index contributed by atoms with van der Waals surface area (Å²) in [7, 11) is -4.01. The number of hydrogen-bond acceptors (Lipinski definition) is 5. The van der Waals surface area contributed by atoms with Crippen molar-refractivity contribution in [2.24, 2.45) is 5.10 Å². The van der Waals surface area contributed by atoms with Crippen molar-refractivity contribution in [1.29, 1.82) is 0 Å². The van der Waals surface area contributed by atoms with Gasteiger partial charge in [0.1, 0.15) is 18.9 Å². The highest BCUT2D eigenvalue weighted by Gasteiger charge is 2.27. The molecule has 5 aromatic rings. The Hall–Kier alpha value is -4.95. The zero-order valence-corrected chi connectivity index (χ0v) is 25.8. The standard InChI is InChI=1S/C36H35N3O4S/c1-26(2)30-14-16-33(17-15-30)39(44(41,42)35-20-8-27(3)9-21-35)24-36(40)38-37-23-28-11-18-34(19-12-28)43-25-29-10-13-31-6-4-5-7-32(31)22-29/h4-23,26H,24-25H2,1-3H3,(H,38,40)/b37-23-. The minimum absolute atomic E-state index is 0.107. The third-order valence-corrected chi connectivity index (χ3v) is 9.03. The SMILES string of the molecule is Cc1ccc(S(=O)(=O)N(CC(=O)N/N=C\c2ccc(OCc3ccc4ccccc4c3)cc2)c2ccc(C(C)C)cc2)cc1. The van der Waals surface area contributed by atoms with Gasteiger partial charge in [-0.05, 0) is 94.9 Å². The van der Waals surface area contributed by atoms with Gasteiger partial charge in [-0.25, -0.2) is 13.8 Å². The molecular weight excluding hydrogens is 570 g/mol. The van der Waals surface area contributed by atoms with Crippen LogP contribution in [-0.2, 0) is 21.4 Å². The van der Waals surface area contributed by atoms with Crippen molar-refractivity contribution in [3.8, 4) is 5.75 Å². The Morgan fingerprint density at radius 3 is 2.23 bits per heavy atom. The van der Waals surface area contributed by atoms with Crippen molar-refractivity contribution >= 4 is 38.6 Å². The maximum absolute atomic E-state index is 13.6. The molecule has 1 N–H and O–H groups in total. The number of nitrogens with one attached hydrogen (secondary N) is 1. The molecule has 0 spiro atoms. The van der Waals surface area contributed by atoms with E-state index >= 15 is 0 Å². The first kappa shape index (κ1) is 30.5. The van der Waals surface area contributed by atoms with Crippen molar-refractivity contribution in [3.63, 3.8) is 0 Å². The van der Waals surface area contributed by atoms with Crippen LogP contribution >= 0.6 is 0 Å². The molecule has 1 amide bonds. The zero-order chi connectivity index (χ0) is 31.1. The Morgan fingerprint density at radius 1 is 0.864 bits per heavy atom. The van der Waals surface area contributed by atoms with Gasteiger partial charge in [0.2, 0.25) is 0 Å². The normalized spacial score (nSPS) is 11.6. The lowest BCUT2D eigenvalue weighted by Crippen LogP contribution is -2.39. The molecule has 0 saturated carbocycles. The summed E-state index contributed by atoms with van der Waals surface area (Å²) in [5.41, 5.74) is 6.69. The third kappa shape index (κ3) is 7.51. The van der Waals surface area contributed by atoms with E-state index < -0.39 is 22.5 Å². The first-order valence-electron chi connectivity index (χ1n) is 14.4. The summed E-state index contributed by atoms with van der Waals surface area (Å²) >= 11 is 0. The van der Waals surface area contributed by atoms with E-state index in [1.54, 1.807) is 36.4 Å². The minimum Gasteiger partial charge on any atom is -0.489 e. The second kappa shape index (κ2) is 13.6. The largest absolute Gasteiger partial charge is 0.489 e. The van der Waals surface area contributed by atoms with E-state index in [-0.39, 0.29) is 10.8 Å². The Bertz CT molecular complexity index is 1870. The summed E-state index contributed by atoms with van der Waals surface area (Å²) in [5.74, 6) is 0.425. The van der Waals surface area contributed by atoms with Crippen LogP contribution in [0.1, 0.15) is 42.0 Å². The van der Waals surface area contributed by atoms with Gasteiger partial charge in [0.05, 0.1) is 16.8 Å². The Kier molecular flexibility index (Phi) is 9.41. The minimum atomic E-state index is -4.01. The second-order valence-electron chi connectivity index (χ2n) is 10.9. The molecule has 0 radical (unpaired) electrons. The quantitative estimate of drug-likeness (QED) is 0.127. The number of hydrazone groups is 1. The first-order valence-corrected chi connectivity index (χ1v) is 15.8. The summed E-state index contributed by atoms with van der Waals surface area (Å²) in [5, 5.41) is 6.41. The Balaban J connectivity index is 1.22. The monoisotopic (exact) mass is 605 g/mol. The molecule has 0 aliphatic rings. The molecular formula is C36H35N3O4S. The predicted octanol–water partition coefficient (Wildman–Crippen LogP) is 7.20. The van der Waals surface area contributed by atoms with Crippen LogP contribution in [0, 0.1) is 6.92 Å². The van der Waals surface area contributed by atoms with Crippen LogP contribution in [-0.4, -0.2) is 27.1 Å². The van der Waals surface area contributed by atoms with Crippen LogP contribution < -0.4 is 14.5 Å². The predicted molar refractivity (Wildman–Crippen MR) is 177 cm³/mol. The number of carbonyl (C=O) groups is 1. The van der Waals surface area contributed by atoms with E-state index in [4.69, 9.17) is 4.74 Å². The molecule has 0 bridgehead atoms. The van der Waals surface area contributed by atoms with Gasteiger partial charge < -0.3 is 4.74 Å². The third-order valence-electron chi connectivity index (χ3n) is 7.25. The fourth-order valence-corrected chi connectivity index (χ4v) is 6.09. The van der Waals surface area contributed by atoms with Gasteiger partial charge in [-0.1, -0.05) is 80.1 Å². The average Bonchev–Trinajstić information content (AvgIpc) is 3.03. The first-order chi connectivity index (χ1) is 21.2. The number of nitrogens with zero attached hydrogens (tertiary/aromatic N) is 2. The van der Waals surface area contributed by atoms with Crippen molar-refractivity contribution in [3.05, 3.63) is 138 Å². The molecule has 0 fully saturated rings. The van der Waals surface area contributed by atoms with Crippen molar-refractivity contribution in [1.82, 2.24) is 5.43 Å². The molecule has 0 aliphatic carbocycles. The lowest BCUT2D eigenvalue weighted by Gasteiger charge is -2.24. The van der Waals surface area contributed by atoms with Crippen LogP contribution in [0.4, 0.5) is 5.69 Å². The van der Waals surface area contributed by atoms with E-state index in [1.165, 1.54) is 17.0 Å². The molecule has 0 saturated heterocycles. The topological polar surface area (TPSA) is 88.1 Å². The number of benzene rings is 5. The van der Waals surface area contributed by atoms with Gasteiger partial charge in [-0.2, -0.15) is 5.10 Å². The lowest BCUT2D eigenvalue weighted by atomic mass is 10.0. The van der Waals surface area contributed by atoms with Crippen molar-refractivity contribution in [2.75, 3.05) is 10.8 Å². The molecule has 0 heterocycles. The fourth-order valence-electron chi connectivity index (χ4n) is 4.67. The molecule has 224 valence electrons. The smallest absolute Gasteiger partial charge is 0.264 e. The van der Waals surface area contributed by atoms with Crippen LogP contribution in [0.5, 0.6) is 5.75 Å². The molecule has 0 unspecified atom stereocenters. The highest BCUT2D eigenvalue weighted by atomic mass is 32.2. The maximum Gasteiger partial charge on any atom is 0.264 e. The highest BCUT2D eigenvalue weighted by molar-refractivity contribution is 7.92. The summed E-state index contributed by atoms with van der Waals surface area (Å²) in [6, 6.07) is 35.5. The number of ether oxygens (including phenoxy) is 1. The molecule has 0 aromatic heterocycles. The van der Waals surface area contributed by atoms with E-state index in [0.717, 1.165) is 26.6 Å². The molecule has 5 aromatic carbocycles. The number of rotatable bonds is 11. The average molecular weight is 606 g/mol. The van der Waals surface area contributed by atoms with Gasteiger partial charge in [-0.15, -0.1) is 0 Å². The number of carbonyl (C=O) groups excluding carboxylic acids is 1. The van der Waals surface area contributed by atoms with Gasteiger partial charge in [0.15, 0.2) is 0 Å². The van der Waals surface area contributed by atoms with Crippen LogP contribution in [0.3, 0.4) is 0 Å². The van der Waals surface area contributed by atoms with Gasteiger partial charge in [0, 0.05) is 0 Å². The van der Waals surface area contributed by atoms with E-state index in [0.29, 0.717) is 18.0 Å². The number of sulfonamides is 1. The number of hydrogen-bond donors (Lipinski definition) is 1. The molecule has 0 atom stereocenters. The van der Waals surface area contributed by atoms with Crippen molar-refractivity contribution < 1.29 is 17.9 Å². The van der Waals surface area contributed by atoms with Crippen LogP contribution in [0.25, 0.3) is 10.8 Å². The number of fused-ring (bicyclic) bond motifs is 1. The summed E-state index contributed by atoms with van der Waals surface area (Å²) in [6.45, 7) is 6.02. The Labute approximate surface area is 258 Å². The molecule has 0 aliphatic heterocycles. The van der Waals surface area contributed by atoms with E-state index in [9.17, 15) is 13.2 Å². The highest BCUT2D eigenvalue weighted by Crippen LogP contribution is 2.26. The van der Waals surface area contributed by atoms with Crippen molar-refractivity contribution in [2.45, 2.75) is 38.2 Å². The van der Waals surface area contributed by atoms with Gasteiger partial charge >= 0.3 is 0 Å². The van der Waals surface area contributed by atoms with Crippen LogP contribution in [0.2, 0.25) is 0 Å². The van der Waals surface area contributed by atoms with Crippen LogP contribution in [0.15, 0.2) is 125 Å².